The summed E-state index contributed by atoms with van der Waals surface area (Å²) >= 11 is 0.939. The highest BCUT2D eigenvalue weighted by Gasteiger charge is 2.09. The zero-order valence-electron chi connectivity index (χ0n) is 9.60. The van der Waals surface area contributed by atoms with Gasteiger partial charge in [0.05, 0.1) is 24.3 Å². The molecule has 0 heterocycles. The zero-order chi connectivity index (χ0) is 13.5. The minimum absolute atomic E-state index is 0.00951. The highest BCUT2D eigenvalue weighted by Crippen LogP contribution is 2.21. The Hall–Kier alpha value is -1.76. The summed E-state index contributed by atoms with van der Waals surface area (Å²) in [4.78, 5) is 21.7. The molecule has 0 fully saturated rings. The first-order chi connectivity index (χ1) is 8.52. The average Bonchev–Trinajstić information content (AvgIpc) is 2.31. The molecule has 0 aromatic heterocycles. The third-order valence-electron chi connectivity index (χ3n) is 1.91. The number of ether oxygens (including phenoxy) is 1. The lowest BCUT2D eigenvalue weighted by molar-refractivity contribution is -0.133. The molecular formula is C11H12FNO4S. The van der Waals surface area contributed by atoms with Gasteiger partial charge in [-0.15, -0.1) is 11.8 Å². The maximum atomic E-state index is 13.3. The molecule has 5 nitrogen and oxygen atoms in total. The topological polar surface area (TPSA) is 75.6 Å². The number of nitrogens with one attached hydrogen (secondary N) is 1. The van der Waals surface area contributed by atoms with E-state index in [-0.39, 0.29) is 17.2 Å². The summed E-state index contributed by atoms with van der Waals surface area (Å²) in [6, 6.07) is 3.97. The van der Waals surface area contributed by atoms with E-state index in [1.807, 2.05) is 0 Å². The number of benzene rings is 1. The van der Waals surface area contributed by atoms with Crippen molar-refractivity contribution in [2.75, 3.05) is 23.9 Å². The van der Waals surface area contributed by atoms with Crippen LogP contribution in [0.4, 0.5) is 10.1 Å². The summed E-state index contributed by atoms with van der Waals surface area (Å²) in [7, 11) is 1.43. The van der Waals surface area contributed by atoms with Crippen LogP contribution < -0.4 is 10.1 Å². The predicted molar refractivity (Wildman–Crippen MR) is 66.5 cm³/mol. The van der Waals surface area contributed by atoms with E-state index in [9.17, 15) is 14.0 Å². The van der Waals surface area contributed by atoms with Crippen molar-refractivity contribution in [3.63, 3.8) is 0 Å². The molecule has 0 spiro atoms. The lowest BCUT2D eigenvalue weighted by Gasteiger charge is -2.07. The first-order valence-corrected chi connectivity index (χ1v) is 6.11. The number of hydrogen-bond acceptors (Lipinski definition) is 4. The molecule has 1 amide bonds. The number of anilines is 1. The second kappa shape index (κ2) is 6.85. The SMILES string of the molecule is COc1ccc(F)c(NC(=O)CSCC(=O)O)c1. The summed E-state index contributed by atoms with van der Waals surface area (Å²) in [5.74, 6) is -1.84. The molecule has 0 aliphatic heterocycles. The third-order valence-corrected chi connectivity index (χ3v) is 2.82. The van der Waals surface area contributed by atoms with Crippen molar-refractivity contribution in [3.05, 3.63) is 24.0 Å². The van der Waals surface area contributed by atoms with Crippen molar-refractivity contribution >= 4 is 29.3 Å². The fourth-order valence-corrected chi connectivity index (χ4v) is 1.68. The quantitative estimate of drug-likeness (QED) is 0.823. The summed E-state index contributed by atoms with van der Waals surface area (Å²) in [5.41, 5.74) is 0.00951. The van der Waals surface area contributed by atoms with Gasteiger partial charge in [-0.05, 0) is 12.1 Å². The van der Waals surface area contributed by atoms with Crippen LogP contribution in [0.3, 0.4) is 0 Å². The summed E-state index contributed by atoms with van der Waals surface area (Å²) in [6.07, 6.45) is 0. The highest BCUT2D eigenvalue weighted by atomic mass is 32.2. The molecule has 0 aliphatic rings. The molecule has 7 heteroatoms. The minimum Gasteiger partial charge on any atom is -0.497 e. The molecule has 0 saturated heterocycles. The first kappa shape index (κ1) is 14.3. The molecule has 0 aliphatic carbocycles. The number of amides is 1. The largest absolute Gasteiger partial charge is 0.497 e. The molecule has 0 saturated carbocycles. The van der Waals surface area contributed by atoms with Crippen molar-refractivity contribution < 1.29 is 23.8 Å². The second-order valence-corrected chi connectivity index (χ2v) is 4.27. The van der Waals surface area contributed by atoms with E-state index in [2.05, 4.69) is 5.32 Å². The van der Waals surface area contributed by atoms with Crippen LogP contribution in [-0.4, -0.2) is 35.6 Å². The first-order valence-electron chi connectivity index (χ1n) is 4.96. The summed E-state index contributed by atoms with van der Waals surface area (Å²) < 4.78 is 18.2. The van der Waals surface area contributed by atoms with Crippen LogP contribution in [-0.2, 0) is 9.59 Å². The van der Waals surface area contributed by atoms with Crippen molar-refractivity contribution in [2.45, 2.75) is 0 Å². The van der Waals surface area contributed by atoms with Gasteiger partial charge in [-0.1, -0.05) is 0 Å². The number of carboxylic acids is 1. The summed E-state index contributed by atoms with van der Waals surface area (Å²) in [5, 5.41) is 10.8. The van der Waals surface area contributed by atoms with Gasteiger partial charge >= 0.3 is 5.97 Å². The van der Waals surface area contributed by atoms with E-state index in [1.165, 1.54) is 25.3 Å². The van der Waals surface area contributed by atoms with Crippen LogP contribution in [0.2, 0.25) is 0 Å². The van der Waals surface area contributed by atoms with Gasteiger partial charge in [0.25, 0.3) is 0 Å². The summed E-state index contributed by atoms with van der Waals surface area (Å²) in [6.45, 7) is 0. The molecule has 2 N–H and O–H groups in total. The number of hydrogen-bond donors (Lipinski definition) is 2. The van der Waals surface area contributed by atoms with Crippen molar-refractivity contribution in [2.24, 2.45) is 0 Å². The molecule has 0 atom stereocenters. The molecule has 18 heavy (non-hydrogen) atoms. The number of methoxy groups -OCH3 is 1. The van der Waals surface area contributed by atoms with Gasteiger partial charge in [0.1, 0.15) is 11.6 Å². The van der Waals surface area contributed by atoms with Gasteiger partial charge < -0.3 is 15.2 Å². The van der Waals surface area contributed by atoms with Gasteiger partial charge in [0, 0.05) is 6.07 Å². The molecule has 1 aromatic carbocycles. The second-order valence-electron chi connectivity index (χ2n) is 3.28. The highest BCUT2D eigenvalue weighted by molar-refractivity contribution is 8.00. The van der Waals surface area contributed by atoms with E-state index >= 15 is 0 Å². The number of aliphatic carboxylic acids is 1. The number of carboxylic acid groups (broad SMARTS) is 1. The van der Waals surface area contributed by atoms with Crippen LogP contribution in [0.5, 0.6) is 5.75 Å². The predicted octanol–water partition coefficient (Wildman–Crippen LogP) is 1.59. The lowest BCUT2D eigenvalue weighted by Crippen LogP contribution is -2.16. The monoisotopic (exact) mass is 273 g/mol. The van der Waals surface area contributed by atoms with E-state index in [0.29, 0.717) is 5.75 Å². The molecule has 0 bridgehead atoms. The standard InChI is InChI=1S/C11H12FNO4S/c1-17-7-2-3-8(12)9(4-7)13-10(14)5-18-6-11(15)16/h2-4H,5-6H2,1H3,(H,13,14)(H,15,16). The molecule has 0 radical (unpaired) electrons. The van der Waals surface area contributed by atoms with E-state index in [1.54, 1.807) is 0 Å². The normalized spacial score (nSPS) is 9.89. The fourth-order valence-electron chi connectivity index (χ4n) is 1.14. The number of rotatable bonds is 6. The van der Waals surface area contributed by atoms with Crippen LogP contribution in [0.25, 0.3) is 0 Å². The van der Waals surface area contributed by atoms with E-state index in [0.717, 1.165) is 11.8 Å². The molecule has 1 rings (SSSR count). The Balaban J connectivity index is 2.55. The Labute approximate surface area is 107 Å². The van der Waals surface area contributed by atoms with Gasteiger partial charge in [-0.2, -0.15) is 0 Å². The van der Waals surface area contributed by atoms with Crippen molar-refractivity contribution in [3.8, 4) is 5.75 Å². The van der Waals surface area contributed by atoms with E-state index < -0.39 is 17.7 Å². The van der Waals surface area contributed by atoms with Gasteiger partial charge in [-0.3, -0.25) is 9.59 Å². The minimum atomic E-state index is -1.000. The molecule has 0 unspecified atom stereocenters. The maximum absolute atomic E-state index is 13.3. The van der Waals surface area contributed by atoms with Crippen molar-refractivity contribution in [1.29, 1.82) is 0 Å². The smallest absolute Gasteiger partial charge is 0.313 e. The fraction of sp³-hybridized carbons (Fsp3) is 0.273. The zero-order valence-corrected chi connectivity index (χ0v) is 10.4. The van der Waals surface area contributed by atoms with E-state index in [4.69, 9.17) is 9.84 Å². The molecular weight excluding hydrogens is 261 g/mol. The number of carbonyl (C=O) groups is 2. The van der Waals surface area contributed by atoms with Crippen LogP contribution in [0.1, 0.15) is 0 Å². The number of halogens is 1. The average molecular weight is 273 g/mol. The van der Waals surface area contributed by atoms with Gasteiger partial charge in [-0.25, -0.2) is 4.39 Å². The molecule has 98 valence electrons. The van der Waals surface area contributed by atoms with Crippen LogP contribution in [0, 0.1) is 5.82 Å². The Morgan fingerprint density at radius 2 is 2.17 bits per heavy atom. The Morgan fingerprint density at radius 1 is 1.44 bits per heavy atom. The van der Waals surface area contributed by atoms with Gasteiger partial charge in [0.2, 0.25) is 5.91 Å². The van der Waals surface area contributed by atoms with Gasteiger partial charge in [0.15, 0.2) is 0 Å². The van der Waals surface area contributed by atoms with Crippen molar-refractivity contribution in [1.82, 2.24) is 0 Å². The Morgan fingerprint density at radius 3 is 2.78 bits per heavy atom. The maximum Gasteiger partial charge on any atom is 0.313 e. The number of carbonyl (C=O) groups excluding carboxylic acids is 1. The molecule has 1 aromatic rings. The Kier molecular flexibility index (Phi) is 5.44. The van der Waals surface area contributed by atoms with Crippen LogP contribution >= 0.6 is 11.8 Å². The Bertz CT molecular complexity index is 453. The third kappa shape index (κ3) is 4.62. The number of thioether (sulfide) groups is 1. The van der Waals surface area contributed by atoms with Crippen LogP contribution in [0.15, 0.2) is 18.2 Å². The lowest BCUT2D eigenvalue weighted by atomic mass is 10.3.